The van der Waals surface area contributed by atoms with E-state index in [0.717, 1.165) is 10.2 Å². The third-order valence-electron chi connectivity index (χ3n) is 4.41. The van der Waals surface area contributed by atoms with Crippen LogP contribution in [0.5, 0.6) is 11.5 Å². The first-order chi connectivity index (χ1) is 14.4. The van der Waals surface area contributed by atoms with Crippen LogP contribution in [0.2, 0.25) is 0 Å². The molecular formula is C21H22N2O5S2. The Labute approximate surface area is 178 Å². The average Bonchev–Trinajstić information content (AvgIpc) is 3.08. The fourth-order valence-corrected chi connectivity index (χ4v) is 5.24. The molecule has 0 aliphatic rings. The Balaban J connectivity index is 1.93. The number of benzene rings is 2. The molecule has 0 aliphatic carbocycles. The van der Waals surface area contributed by atoms with E-state index in [1.807, 2.05) is 16.7 Å². The summed E-state index contributed by atoms with van der Waals surface area (Å²) in [5.41, 5.74) is 0.820. The number of hydrogen-bond acceptors (Lipinski definition) is 6. The first-order valence-corrected chi connectivity index (χ1v) is 11.6. The van der Waals surface area contributed by atoms with Crippen LogP contribution in [0.3, 0.4) is 0 Å². The molecule has 0 spiro atoms. The number of nitrogens with zero attached hydrogens (tertiary/aromatic N) is 2. The lowest BCUT2D eigenvalue weighted by Crippen LogP contribution is -2.17. The normalized spacial score (nSPS) is 12.1. The van der Waals surface area contributed by atoms with Gasteiger partial charge in [-0.2, -0.15) is 4.99 Å². The quantitative estimate of drug-likeness (QED) is 0.496. The minimum Gasteiger partial charge on any atom is -0.493 e. The van der Waals surface area contributed by atoms with Crippen LogP contribution in [0.1, 0.15) is 6.42 Å². The van der Waals surface area contributed by atoms with Gasteiger partial charge < -0.3 is 14.0 Å². The molecule has 9 heteroatoms. The Morgan fingerprint density at radius 1 is 1.17 bits per heavy atom. The van der Waals surface area contributed by atoms with Crippen molar-refractivity contribution in [2.45, 2.75) is 17.9 Å². The van der Waals surface area contributed by atoms with Crippen LogP contribution in [0.4, 0.5) is 0 Å². The van der Waals surface area contributed by atoms with Crippen LogP contribution in [-0.2, 0) is 21.2 Å². The summed E-state index contributed by atoms with van der Waals surface area (Å²) >= 11 is 1.31. The third-order valence-corrected chi connectivity index (χ3v) is 7.18. The van der Waals surface area contributed by atoms with Gasteiger partial charge in [0.25, 0.3) is 0 Å². The first kappa shape index (κ1) is 21.8. The highest BCUT2D eigenvalue weighted by Crippen LogP contribution is 2.33. The van der Waals surface area contributed by atoms with E-state index in [1.165, 1.54) is 23.5 Å². The number of allylic oxidation sites excluding steroid dienone is 1. The molecule has 0 saturated heterocycles. The zero-order valence-corrected chi connectivity index (χ0v) is 18.3. The molecule has 0 aliphatic heterocycles. The molecule has 3 aromatic rings. The third kappa shape index (κ3) is 4.63. The van der Waals surface area contributed by atoms with E-state index >= 15 is 0 Å². The number of ether oxygens (including phenoxy) is 2. The molecule has 0 unspecified atom stereocenters. The van der Waals surface area contributed by atoms with Crippen LogP contribution < -0.4 is 14.3 Å². The highest BCUT2D eigenvalue weighted by Gasteiger charge is 2.17. The monoisotopic (exact) mass is 446 g/mol. The lowest BCUT2D eigenvalue weighted by atomic mass is 10.3. The number of carbonyl (C=O) groups is 1. The van der Waals surface area contributed by atoms with E-state index < -0.39 is 15.7 Å². The largest absolute Gasteiger partial charge is 0.493 e. The molecular weight excluding hydrogens is 424 g/mol. The van der Waals surface area contributed by atoms with Gasteiger partial charge in [-0.15, -0.1) is 6.58 Å². The van der Waals surface area contributed by atoms with E-state index in [9.17, 15) is 13.2 Å². The highest BCUT2D eigenvalue weighted by molar-refractivity contribution is 7.91. The van der Waals surface area contributed by atoms with Gasteiger partial charge in [-0.3, -0.25) is 4.79 Å². The van der Waals surface area contributed by atoms with E-state index in [0.29, 0.717) is 22.8 Å². The zero-order valence-electron chi connectivity index (χ0n) is 16.7. The van der Waals surface area contributed by atoms with Gasteiger partial charge in [0.2, 0.25) is 5.91 Å². The molecule has 0 saturated carbocycles. The van der Waals surface area contributed by atoms with Crippen molar-refractivity contribution in [1.29, 1.82) is 0 Å². The molecule has 0 bridgehead atoms. The zero-order chi connectivity index (χ0) is 21.7. The second-order valence-electron chi connectivity index (χ2n) is 6.35. The van der Waals surface area contributed by atoms with Gasteiger partial charge >= 0.3 is 0 Å². The Bertz CT molecular complexity index is 1240. The Morgan fingerprint density at radius 3 is 2.47 bits per heavy atom. The van der Waals surface area contributed by atoms with Crippen LogP contribution in [0, 0.1) is 0 Å². The van der Waals surface area contributed by atoms with Gasteiger partial charge in [0, 0.05) is 25.1 Å². The van der Waals surface area contributed by atoms with Crippen LogP contribution in [-0.4, -0.2) is 38.9 Å². The summed E-state index contributed by atoms with van der Waals surface area (Å²) in [4.78, 5) is 17.3. The summed E-state index contributed by atoms with van der Waals surface area (Å²) in [6, 6.07) is 11.7. The molecule has 0 radical (unpaired) electrons. The van der Waals surface area contributed by atoms with Gasteiger partial charge in [-0.05, 0) is 12.1 Å². The predicted octanol–water partition coefficient (Wildman–Crippen LogP) is 3.20. The number of carbonyl (C=O) groups excluding carboxylic acids is 1. The summed E-state index contributed by atoms with van der Waals surface area (Å²) in [7, 11) is -0.440. The highest BCUT2D eigenvalue weighted by atomic mass is 32.2. The number of thiazole rings is 1. The van der Waals surface area contributed by atoms with Gasteiger partial charge in [-0.1, -0.05) is 35.6 Å². The maximum absolute atomic E-state index is 12.5. The molecule has 1 heterocycles. The number of sulfone groups is 1. The number of methoxy groups -OCH3 is 2. The summed E-state index contributed by atoms with van der Waals surface area (Å²) in [5.74, 6) is 0.335. The Hall–Kier alpha value is -2.91. The van der Waals surface area contributed by atoms with Gasteiger partial charge in [0.05, 0.1) is 35.1 Å². The summed E-state index contributed by atoms with van der Waals surface area (Å²) in [5, 5.41) is 0. The predicted molar refractivity (Wildman–Crippen MR) is 117 cm³/mol. The number of fused-ring (bicyclic) bond motifs is 1. The van der Waals surface area contributed by atoms with E-state index in [2.05, 4.69) is 11.6 Å². The van der Waals surface area contributed by atoms with Crippen molar-refractivity contribution in [2.75, 3.05) is 20.0 Å². The molecule has 1 amide bonds. The second kappa shape index (κ2) is 9.27. The van der Waals surface area contributed by atoms with Gasteiger partial charge in [-0.25, -0.2) is 8.42 Å². The average molecular weight is 447 g/mol. The van der Waals surface area contributed by atoms with Crippen molar-refractivity contribution in [2.24, 2.45) is 4.99 Å². The lowest BCUT2D eigenvalue weighted by molar-refractivity contribution is -0.117. The fourth-order valence-electron chi connectivity index (χ4n) is 2.92. The van der Waals surface area contributed by atoms with Crippen molar-refractivity contribution < 1.29 is 22.7 Å². The molecule has 158 valence electrons. The SMILES string of the molecule is C=CCn1c(=NC(=O)CCS(=O)(=O)c2ccccc2)sc2cc(OC)c(OC)cc21. The summed E-state index contributed by atoms with van der Waals surface area (Å²) in [6.45, 7) is 4.20. The maximum atomic E-state index is 12.5. The molecule has 0 atom stereocenters. The van der Waals surface area contributed by atoms with E-state index in [4.69, 9.17) is 9.47 Å². The first-order valence-electron chi connectivity index (χ1n) is 9.11. The second-order valence-corrected chi connectivity index (χ2v) is 9.46. The van der Waals surface area contributed by atoms with Crippen LogP contribution in [0.25, 0.3) is 10.2 Å². The maximum Gasteiger partial charge on any atom is 0.249 e. The number of rotatable bonds is 8. The van der Waals surface area contributed by atoms with E-state index in [1.54, 1.807) is 38.5 Å². The fraction of sp³-hybridized carbons (Fsp3) is 0.238. The molecule has 30 heavy (non-hydrogen) atoms. The van der Waals surface area contributed by atoms with Crippen molar-refractivity contribution in [3.8, 4) is 11.5 Å². The van der Waals surface area contributed by atoms with Crippen LogP contribution >= 0.6 is 11.3 Å². The number of amides is 1. The topological polar surface area (TPSA) is 87.0 Å². The summed E-state index contributed by atoms with van der Waals surface area (Å²) in [6.07, 6.45) is 1.50. The smallest absolute Gasteiger partial charge is 0.249 e. The minimum atomic E-state index is -3.54. The van der Waals surface area contributed by atoms with Crippen molar-refractivity contribution in [1.82, 2.24) is 4.57 Å². The minimum absolute atomic E-state index is 0.195. The van der Waals surface area contributed by atoms with Crippen molar-refractivity contribution >= 4 is 37.3 Å². The Kier molecular flexibility index (Phi) is 6.73. The number of hydrogen-bond donors (Lipinski definition) is 0. The summed E-state index contributed by atoms with van der Waals surface area (Å²) < 4.78 is 38.2. The Morgan fingerprint density at radius 2 is 1.83 bits per heavy atom. The lowest BCUT2D eigenvalue weighted by Gasteiger charge is -2.08. The molecule has 7 nitrogen and oxygen atoms in total. The molecule has 1 aromatic heterocycles. The van der Waals surface area contributed by atoms with Gasteiger partial charge in [0.15, 0.2) is 26.1 Å². The number of aromatic nitrogens is 1. The van der Waals surface area contributed by atoms with Crippen LogP contribution in [0.15, 0.2) is 65.0 Å². The molecule has 2 aromatic carbocycles. The van der Waals surface area contributed by atoms with E-state index in [-0.39, 0.29) is 17.1 Å². The van der Waals surface area contributed by atoms with Gasteiger partial charge in [0.1, 0.15) is 0 Å². The molecule has 0 N–H and O–H groups in total. The molecule has 0 fully saturated rings. The van der Waals surface area contributed by atoms with Crippen molar-refractivity contribution in [3.05, 3.63) is 59.9 Å². The van der Waals surface area contributed by atoms with Crippen molar-refractivity contribution in [3.63, 3.8) is 0 Å². The standard InChI is InChI=1S/C21H22N2O5S2/c1-4-11-23-16-13-17(27-2)18(28-3)14-19(16)29-21(23)22-20(24)10-12-30(25,26)15-8-6-5-7-9-15/h4-9,13-14H,1,10-12H2,2-3H3. The molecule has 3 rings (SSSR count).